The van der Waals surface area contributed by atoms with Crippen LogP contribution in [0.4, 0.5) is 10.5 Å². The molecular weight excluding hydrogens is 368 g/mol. The first-order valence-corrected chi connectivity index (χ1v) is 9.94. The average molecular weight is 401 g/mol. The Morgan fingerprint density at radius 3 is 2.41 bits per heavy atom. The van der Waals surface area contributed by atoms with Crippen molar-refractivity contribution < 1.29 is 14.3 Å². The van der Waals surface area contributed by atoms with Crippen LogP contribution >= 0.6 is 0 Å². The van der Waals surface area contributed by atoms with Gasteiger partial charge in [-0.25, -0.2) is 4.79 Å². The molecule has 1 N–H and O–H groups in total. The SMILES string of the molecule is CCCN(CC(=O)N(CCOC)Cc1cccn1C)C(=O)Nc1ccc(C)cc1. The Kier molecular flexibility index (Phi) is 8.73. The van der Waals surface area contributed by atoms with Gasteiger partial charge in [-0.05, 0) is 37.6 Å². The lowest BCUT2D eigenvalue weighted by molar-refractivity contribution is -0.133. The molecule has 0 saturated heterocycles. The molecule has 1 heterocycles. The van der Waals surface area contributed by atoms with Crippen LogP contribution in [0.25, 0.3) is 0 Å². The van der Waals surface area contributed by atoms with Crippen molar-refractivity contribution in [1.29, 1.82) is 0 Å². The smallest absolute Gasteiger partial charge is 0.322 e. The van der Waals surface area contributed by atoms with Crippen molar-refractivity contribution in [3.8, 4) is 0 Å². The first-order chi connectivity index (χ1) is 13.9. The average Bonchev–Trinajstić information content (AvgIpc) is 3.10. The van der Waals surface area contributed by atoms with Gasteiger partial charge < -0.3 is 24.4 Å². The molecular formula is C22H32N4O3. The van der Waals surface area contributed by atoms with Gasteiger partial charge in [-0.15, -0.1) is 0 Å². The second-order valence-corrected chi connectivity index (χ2v) is 7.14. The Hall–Kier alpha value is -2.80. The predicted molar refractivity (Wildman–Crippen MR) is 115 cm³/mol. The van der Waals surface area contributed by atoms with Crippen LogP contribution in [-0.4, -0.2) is 59.7 Å². The van der Waals surface area contributed by atoms with E-state index in [1.165, 1.54) is 0 Å². The van der Waals surface area contributed by atoms with Crippen molar-refractivity contribution >= 4 is 17.6 Å². The van der Waals surface area contributed by atoms with E-state index in [1.54, 1.807) is 16.9 Å². The third-order valence-corrected chi connectivity index (χ3v) is 4.73. The number of nitrogens with one attached hydrogen (secondary N) is 1. The molecule has 0 bridgehead atoms. The van der Waals surface area contributed by atoms with Crippen LogP contribution in [0.15, 0.2) is 42.6 Å². The third-order valence-electron chi connectivity index (χ3n) is 4.73. The van der Waals surface area contributed by atoms with Crippen LogP contribution in [-0.2, 0) is 23.1 Å². The van der Waals surface area contributed by atoms with Crippen LogP contribution in [0.2, 0.25) is 0 Å². The minimum absolute atomic E-state index is 0.0275. The van der Waals surface area contributed by atoms with Gasteiger partial charge in [0.2, 0.25) is 5.91 Å². The number of nitrogens with zero attached hydrogens (tertiary/aromatic N) is 3. The molecule has 0 radical (unpaired) electrons. The molecule has 7 heteroatoms. The first-order valence-electron chi connectivity index (χ1n) is 9.94. The summed E-state index contributed by atoms with van der Waals surface area (Å²) < 4.78 is 7.15. The summed E-state index contributed by atoms with van der Waals surface area (Å²) >= 11 is 0. The summed E-state index contributed by atoms with van der Waals surface area (Å²) in [5, 5.41) is 2.88. The Balaban J connectivity index is 2.06. The van der Waals surface area contributed by atoms with Gasteiger partial charge in [-0.3, -0.25) is 4.79 Å². The monoisotopic (exact) mass is 400 g/mol. The number of hydrogen-bond acceptors (Lipinski definition) is 3. The molecule has 7 nitrogen and oxygen atoms in total. The molecule has 0 saturated carbocycles. The van der Waals surface area contributed by atoms with Crippen LogP contribution in [0, 0.1) is 6.92 Å². The molecule has 0 aliphatic rings. The number of rotatable bonds is 10. The minimum atomic E-state index is -0.269. The zero-order chi connectivity index (χ0) is 21.2. The van der Waals surface area contributed by atoms with Crippen LogP contribution < -0.4 is 5.32 Å². The normalized spacial score (nSPS) is 10.6. The Bertz CT molecular complexity index is 786. The summed E-state index contributed by atoms with van der Waals surface area (Å²) in [4.78, 5) is 29.1. The second-order valence-electron chi connectivity index (χ2n) is 7.14. The van der Waals surface area contributed by atoms with Crippen molar-refractivity contribution in [2.75, 3.05) is 38.7 Å². The minimum Gasteiger partial charge on any atom is -0.383 e. The van der Waals surface area contributed by atoms with Crippen molar-refractivity contribution in [3.63, 3.8) is 0 Å². The van der Waals surface area contributed by atoms with Gasteiger partial charge in [0.1, 0.15) is 6.54 Å². The maximum atomic E-state index is 13.0. The number of carbonyl (C=O) groups excluding carboxylic acids is 2. The molecule has 0 atom stereocenters. The summed E-state index contributed by atoms with van der Waals surface area (Å²) in [5.41, 5.74) is 2.87. The highest BCUT2D eigenvalue weighted by atomic mass is 16.5. The van der Waals surface area contributed by atoms with E-state index in [9.17, 15) is 9.59 Å². The summed E-state index contributed by atoms with van der Waals surface area (Å²) in [5.74, 6) is -0.101. The molecule has 0 aliphatic carbocycles. The fourth-order valence-corrected chi connectivity index (χ4v) is 2.97. The third kappa shape index (κ3) is 6.94. The number of methoxy groups -OCH3 is 1. The molecule has 0 fully saturated rings. The fourth-order valence-electron chi connectivity index (χ4n) is 2.97. The van der Waals surface area contributed by atoms with Crippen molar-refractivity contribution in [2.45, 2.75) is 26.8 Å². The molecule has 158 valence electrons. The molecule has 29 heavy (non-hydrogen) atoms. The highest BCUT2D eigenvalue weighted by molar-refractivity contribution is 5.92. The summed E-state index contributed by atoms with van der Waals surface area (Å²) in [6, 6.07) is 11.3. The maximum Gasteiger partial charge on any atom is 0.322 e. The van der Waals surface area contributed by atoms with E-state index in [2.05, 4.69) is 5.32 Å². The van der Waals surface area contributed by atoms with E-state index < -0.39 is 0 Å². The molecule has 0 spiro atoms. The van der Waals surface area contributed by atoms with Crippen LogP contribution in [0.3, 0.4) is 0 Å². The predicted octanol–water partition coefficient (Wildman–Crippen LogP) is 3.25. The molecule has 0 unspecified atom stereocenters. The number of amides is 3. The largest absolute Gasteiger partial charge is 0.383 e. The first kappa shape index (κ1) is 22.5. The number of aromatic nitrogens is 1. The Morgan fingerprint density at radius 1 is 1.10 bits per heavy atom. The van der Waals surface area contributed by atoms with E-state index in [1.807, 2.05) is 68.1 Å². The standard InChI is InChI=1S/C22H32N4O3/c1-5-12-26(22(28)23-19-10-8-18(2)9-11-19)17-21(27)25(14-15-29-4)16-20-7-6-13-24(20)3/h6-11,13H,5,12,14-17H2,1-4H3,(H,23,28). The lowest BCUT2D eigenvalue weighted by Crippen LogP contribution is -2.45. The van der Waals surface area contributed by atoms with Crippen molar-refractivity contribution in [1.82, 2.24) is 14.4 Å². The van der Waals surface area contributed by atoms with Gasteiger partial charge >= 0.3 is 6.03 Å². The molecule has 2 aromatic rings. The summed E-state index contributed by atoms with van der Waals surface area (Å²) in [6.07, 6.45) is 2.72. The van der Waals surface area contributed by atoms with Gasteiger partial charge in [0.05, 0.1) is 13.2 Å². The zero-order valence-electron chi connectivity index (χ0n) is 17.9. The lowest BCUT2D eigenvalue weighted by atomic mass is 10.2. The number of ether oxygens (including phenoxy) is 1. The molecule has 2 rings (SSSR count). The highest BCUT2D eigenvalue weighted by Crippen LogP contribution is 2.11. The van der Waals surface area contributed by atoms with Crippen molar-refractivity contribution in [2.24, 2.45) is 7.05 Å². The van der Waals surface area contributed by atoms with Gasteiger partial charge in [-0.1, -0.05) is 24.6 Å². The number of benzene rings is 1. The Labute approximate surface area is 173 Å². The number of anilines is 1. The summed E-state index contributed by atoms with van der Waals surface area (Å²) in [7, 11) is 3.57. The lowest BCUT2D eigenvalue weighted by Gasteiger charge is -2.27. The molecule has 1 aromatic heterocycles. The number of urea groups is 1. The zero-order valence-corrected chi connectivity index (χ0v) is 17.9. The number of hydrogen-bond donors (Lipinski definition) is 1. The van der Waals surface area contributed by atoms with Gasteiger partial charge in [0, 0.05) is 44.8 Å². The van der Waals surface area contributed by atoms with Crippen molar-refractivity contribution in [3.05, 3.63) is 53.9 Å². The summed E-state index contributed by atoms with van der Waals surface area (Å²) in [6.45, 7) is 5.91. The van der Waals surface area contributed by atoms with Gasteiger partial charge in [0.25, 0.3) is 0 Å². The van der Waals surface area contributed by atoms with E-state index >= 15 is 0 Å². The van der Waals surface area contributed by atoms with E-state index in [0.29, 0.717) is 31.9 Å². The molecule has 0 aliphatic heterocycles. The topological polar surface area (TPSA) is 66.8 Å². The van der Waals surface area contributed by atoms with E-state index in [-0.39, 0.29) is 18.5 Å². The molecule has 1 aromatic carbocycles. The van der Waals surface area contributed by atoms with E-state index in [4.69, 9.17) is 4.74 Å². The van der Waals surface area contributed by atoms with E-state index in [0.717, 1.165) is 17.7 Å². The fraction of sp³-hybridized carbons (Fsp3) is 0.455. The van der Waals surface area contributed by atoms with Gasteiger partial charge in [-0.2, -0.15) is 0 Å². The highest BCUT2D eigenvalue weighted by Gasteiger charge is 2.21. The Morgan fingerprint density at radius 2 is 1.83 bits per heavy atom. The second kappa shape index (κ2) is 11.3. The molecule has 3 amide bonds. The van der Waals surface area contributed by atoms with Gasteiger partial charge in [0.15, 0.2) is 0 Å². The maximum absolute atomic E-state index is 13.0. The van der Waals surface area contributed by atoms with Crippen LogP contribution in [0.1, 0.15) is 24.6 Å². The quantitative estimate of drug-likeness (QED) is 0.666. The number of carbonyl (C=O) groups is 2. The van der Waals surface area contributed by atoms with Crippen LogP contribution in [0.5, 0.6) is 0 Å². The number of aryl methyl sites for hydroxylation is 2.